The zero-order valence-electron chi connectivity index (χ0n) is 17.5. The summed E-state index contributed by atoms with van der Waals surface area (Å²) in [6.45, 7) is 2.19. The number of fused-ring (bicyclic) bond motifs is 1. The van der Waals surface area contributed by atoms with Crippen molar-refractivity contribution in [2.24, 2.45) is 0 Å². The van der Waals surface area contributed by atoms with Gasteiger partial charge in [0, 0.05) is 23.1 Å². The lowest BCUT2D eigenvalue weighted by Gasteiger charge is -2.10. The molecule has 0 aliphatic carbocycles. The van der Waals surface area contributed by atoms with Gasteiger partial charge in [-0.2, -0.15) is 0 Å². The molecule has 0 spiro atoms. The molecular weight excluding hydrogens is 435 g/mol. The molecule has 4 aromatic rings. The first kappa shape index (κ1) is 22.3. The molecule has 4 aromatic carbocycles. The Balaban J connectivity index is 1.63. The van der Waals surface area contributed by atoms with Gasteiger partial charge in [-0.3, -0.25) is 0 Å². The Kier molecular flexibility index (Phi) is 6.32. The fourth-order valence-corrected chi connectivity index (χ4v) is 3.38. The normalized spacial score (nSPS) is 10.7. The van der Waals surface area contributed by atoms with Gasteiger partial charge in [0.05, 0.1) is 17.7 Å². The predicted molar refractivity (Wildman–Crippen MR) is 117 cm³/mol. The number of hydrogen-bond donors (Lipinski definition) is 0. The molecule has 0 unspecified atom stereocenters. The highest BCUT2D eigenvalue weighted by molar-refractivity contribution is 5.84. The van der Waals surface area contributed by atoms with Crippen molar-refractivity contribution in [3.05, 3.63) is 101 Å². The van der Waals surface area contributed by atoms with Crippen molar-refractivity contribution in [1.82, 2.24) is 0 Å². The Labute approximate surface area is 187 Å². The Bertz CT molecular complexity index is 1390. The molecular formula is C27H17F5O. The summed E-state index contributed by atoms with van der Waals surface area (Å²) in [7, 11) is 0. The topological polar surface area (TPSA) is 9.23 Å². The average Bonchev–Trinajstić information content (AvgIpc) is 2.79. The van der Waals surface area contributed by atoms with Crippen LogP contribution in [0.15, 0.2) is 60.7 Å². The standard InChI is InChI=1S/C27H17F5O/c1-2-11-33-20-14-24(30)26(25(31)15-20)19-7-6-17(23(29)13-19)5-3-16-4-9-21-18(12-16)8-10-22(28)27(21)32/h4,6-10,12-15H,2,11H2,1H3. The second-order valence-corrected chi connectivity index (χ2v) is 7.35. The van der Waals surface area contributed by atoms with Gasteiger partial charge in [0.2, 0.25) is 0 Å². The molecule has 0 radical (unpaired) electrons. The van der Waals surface area contributed by atoms with E-state index < -0.39 is 29.1 Å². The Hall–Kier alpha value is -3.85. The minimum atomic E-state index is -0.946. The van der Waals surface area contributed by atoms with Gasteiger partial charge < -0.3 is 4.74 Å². The Morgan fingerprint density at radius 3 is 2.18 bits per heavy atom. The summed E-state index contributed by atoms with van der Waals surface area (Å²) in [4.78, 5) is 0. The Morgan fingerprint density at radius 1 is 0.727 bits per heavy atom. The molecule has 0 saturated heterocycles. The van der Waals surface area contributed by atoms with Crippen molar-refractivity contribution in [3.63, 3.8) is 0 Å². The first-order valence-corrected chi connectivity index (χ1v) is 10.2. The van der Waals surface area contributed by atoms with E-state index in [0.717, 1.165) is 24.3 Å². The molecule has 0 fully saturated rings. The lowest BCUT2D eigenvalue weighted by Crippen LogP contribution is -1.98. The summed E-state index contributed by atoms with van der Waals surface area (Å²) in [6.07, 6.45) is 0.688. The van der Waals surface area contributed by atoms with Crippen molar-refractivity contribution in [3.8, 4) is 28.7 Å². The summed E-state index contributed by atoms with van der Waals surface area (Å²) in [5.74, 6) is 1.13. The second kappa shape index (κ2) is 9.33. The number of benzene rings is 4. The van der Waals surface area contributed by atoms with Crippen molar-refractivity contribution in [2.75, 3.05) is 6.61 Å². The van der Waals surface area contributed by atoms with Gasteiger partial charge in [-0.05, 0) is 47.7 Å². The summed E-state index contributed by atoms with van der Waals surface area (Å²) < 4.78 is 76.0. The van der Waals surface area contributed by atoms with Crippen LogP contribution in [0.25, 0.3) is 21.9 Å². The fraction of sp³-hybridized carbons (Fsp3) is 0.111. The Morgan fingerprint density at radius 2 is 1.48 bits per heavy atom. The smallest absolute Gasteiger partial charge is 0.166 e. The number of ether oxygens (including phenoxy) is 1. The van der Waals surface area contributed by atoms with Crippen LogP contribution in [-0.4, -0.2) is 6.61 Å². The summed E-state index contributed by atoms with van der Waals surface area (Å²) in [5.41, 5.74) is 0.156. The van der Waals surface area contributed by atoms with Crippen LogP contribution >= 0.6 is 0 Å². The minimum absolute atomic E-state index is 0.0212. The maximum atomic E-state index is 14.6. The van der Waals surface area contributed by atoms with Crippen molar-refractivity contribution >= 4 is 10.8 Å². The van der Waals surface area contributed by atoms with E-state index in [-0.39, 0.29) is 27.8 Å². The summed E-state index contributed by atoms with van der Waals surface area (Å²) >= 11 is 0. The second-order valence-electron chi connectivity index (χ2n) is 7.35. The monoisotopic (exact) mass is 452 g/mol. The van der Waals surface area contributed by atoms with Crippen LogP contribution < -0.4 is 4.74 Å². The van der Waals surface area contributed by atoms with Crippen LogP contribution in [0.3, 0.4) is 0 Å². The molecule has 0 saturated carbocycles. The molecule has 166 valence electrons. The van der Waals surface area contributed by atoms with E-state index in [1.54, 1.807) is 6.07 Å². The molecule has 0 bridgehead atoms. The molecule has 1 nitrogen and oxygen atoms in total. The summed E-state index contributed by atoms with van der Waals surface area (Å²) in [6, 6.07) is 12.7. The van der Waals surface area contributed by atoms with E-state index >= 15 is 0 Å². The fourth-order valence-electron chi connectivity index (χ4n) is 3.38. The third-order valence-corrected chi connectivity index (χ3v) is 4.99. The predicted octanol–water partition coefficient (Wildman–Crippen LogP) is 7.39. The van der Waals surface area contributed by atoms with E-state index in [1.807, 2.05) is 6.92 Å². The van der Waals surface area contributed by atoms with E-state index in [9.17, 15) is 22.0 Å². The first-order chi connectivity index (χ1) is 15.9. The van der Waals surface area contributed by atoms with Crippen LogP contribution in [0.4, 0.5) is 22.0 Å². The maximum Gasteiger partial charge on any atom is 0.166 e. The van der Waals surface area contributed by atoms with Crippen LogP contribution in [0.2, 0.25) is 0 Å². The van der Waals surface area contributed by atoms with Gasteiger partial charge in [-0.15, -0.1) is 0 Å². The largest absolute Gasteiger partial charge is 0.493 e. The lowest BCUT2D eigenvalue weighted by molar-refractivity contribution is 0.314. The molecule has 0 amide bonds. The van der Waals surface area contributed by atoms with Crippen molar-refractivity contribution in [1.29, 1.82) is 0 Å². The summed E-state index contributed by atoms with van der Waals surface area (Å²) in [5, 5.41) is 0.570. The lowest BCUT2D eigenvalue weighted by atomic mass is 10.0. The molecule has 0 heterocycles. The van der Waals surface area contributed by atoms with Gasteiger partial charge in [-0.25, -0.2) is 22.0 Å². The third kappa shape index (κ3) is 4.68. The minimum Gasteiger partial charge on any atom is -0.493 e. The maximum absolute atomic E-state index is 14.6. The zero-order valence-corrected chi connectivity index (χ0v) is 17.5. The molecule has 4 rings (SSSR count). The molecule has 0 aliphatic rings. The highest BCUT2D eigenvalue weighted by atomic mass is 19.2. The van der Waals surface area contributed by atoms with Crippen molar-refractivity contribution < 1.29 is 26.7 Å². The quantitative estimate of drug-likeness (QED) is 0.232. The van der Waals surface area contributed by atoms with Gasteiger partial charge in [0.15, 0.2) is 11.6 Å². The highest BCUT2D eigenvalue weighted by Gasteiger charge is 2.15. The third-order valence-electron chi connectivity index (χ3n) is 4.99. The van der Waals surface area contributed by atoms with Crippen LogP contribution in [0.1, 0.15) is 24.5 Å². The van der Waals surface area contributed by atoms with E-state index in [4.69, 9.17) is 4.74 Å². The van der Waals surface area contributed by atoms with E-state index in [2.05, 4.69) is 11.8 Å². The zero-order chi connectivity index (χ0) is 23.5. The van der Waals surface area contributed by atoms with Crippen LogP contribution in [0.5, 0.6) is 5.75 Å². The van der Waals surface area contributed by atoms with Crippen LogP contribution in [0, 0.1) is 40.9 Å². The SMILES string of the molecule is CCCOc1cc(F)c(-c2ccc(C#Cc3ccc4c(F)c(F)ccc4c3)c(F)c2)c(F)c1. The van der Waals surface area contributed by atoms with Gasteiger partial charge in [0.25, 0.3) is 0 Å². The molecule has 0 N–H and O–H groups in total. The molecule has 0 aromatic heterocycles. The van der Waals surface area contributed by atoms with E-state index in [1.165, 1.54) is 30.3 Å². The molecule has 0 atom stereocenters. The number of hydrogen-bond acceptors (Lipinski definition) is 1. The molecule has 33 heavy (non-hydrogen) atoms. The first-order valence-electron chi connectivity index (χ1n) is 10.2. The average molecular weight is 452 g/mol. The van der Waals surface area contributed by atoms with Gasteiger partial charge in [-0.1, -0.05) is 37.0 Å². The molecule has 0 aliphatic heterocycles. The highest BCUT2D eigenvalue weighted by Crippen LogP contribution is 2.31. The molecule has 6 heteroatoms. The van der Waals surface area contributed by atoms with Crippen molar-refractivity contribution in [2.45, 2.75) is 13.3 Å². The van der Waals surface area contributed by atoms with Crippen LogP contribution in [-0.2, 0) is 0 Å². The van der Waals surface area contributed by atoms with Gasteiger partial charge >= 0.3 is 0 Å². The van der Waals surface area contributed by atoms with E-state index in [0.29, 0.717) is 24.0 Å². The number of halogens is 5. The number of rotatable bonds is 4. The van der Waals surface area contributed by atoms with Gasteiger partial charge in [0.1, 0.15) is 23.2 Å².